The van der Waals surface area contributed by atoms with Crippen LogP contribution in [0, 0.1) is 11.8 Å². The van der Waals surface area contributed by atoms with Gasteiger partial charge < -0.3 is 20.1 Å². The first-order valence-electron chi connectivity index (χ1n) is 9.43. The van der Waals surface area contributed by atoms with Crippen LogP contribution < -0.4 is 15.4 Å². The molecule has 3 atom stereocenters. The smallest absolute Gasteiger partial charge is 0.407 e. The molecule has 0 unspecified atom stereocenters. The summed E-state index contributed by atoms with van der Waals surface area (Å²) >= 11 is 0. The highest BCUT2D eigenvalue weighted by Crippen LogP contribution is 2.46. The maximum Gasteiger partial charge on any atom is 0.407 e. The lowest BCUT2D eigenvalue weighted by atomic mass is 9.82. The summed E-state index contributed by atoms with van der Waals surface area (Å²) < 4.78 is 10.7. The number of alkyl carbamates (subject to hydrolysis) is 1. The molecule has 6 heteroatoms. The molecule has 0 radical (unpaired) electrons. The van der Waals surface area contributed by atoms with E-state index in [-0.39, 0.29) is 18.6 Å². The van der Waals surface area contributed by atoms with Gasteiger partial charge in [0.25, 0.3) is 0 Å². The van der Waals surface area contributed by atoms with Gasteiger partial charge in [-0.05, 0) is 24.3 Å². The summed E-state index contributed by atoms with van der Waals surface area (Å²) in [6.07, 6.45) is 3.83. The summed E-state index contributed by atoms with van der Waals surface area (Å²) in [6.45, 7) is 2.43. The average molecular weight is 367 g/mol. The molecule has 0 saturated heterocycles. The Morgan fingerprint density at radius 1 is 1.30 bits per heavy atom. The van der Waals surface area contributed by atoms with Crippen LogP contribution in [-0.4, -0.2) is 24.2 Å². The van der Waals surface area contributed by atoms with Crippen molar-refractivity contribution in [3.8, 4) is 5.88 Å². The lowest BCUT2D eigenvalue weighted by molar-refractivity contribution is 0.130. The Labute approximate surface area is 159 Å². The van der Waals surface area contributed by atoms with Crippen molar-refractivity contribution in [2.24, 2.45) is 11.8 Å². The Kier molecular flexibility index (Phi) is 4.88. The highest BCUT2D eigenvalue weighted by molar-refractivity contribution is 5.69. The van der Waals surface area contributed by atoms with Gasteiger partial charge in [0.15, 0.2) is 0 Å². The minimum atomic E-state index is -0.408. The van der Waals surface area contributed by atoms with E-state index >= 15 is 0 Å². The van der Waals surface area contributed by atoms with Gasteiger partial charge in [0, 0.05) is 35.5 Å². The Balaban J connectivity index is 1.50. The largest absolute Gasteiger partial charge is 0.481 e. The molecule has 142 valence electrons. The predicted molar refractivity (Wildman–Crippen MR) is 103 cm³/mol. The lowest BCUT2D eigenvalue weighted by Crippen LogP contribution is -2.45. The van der Waals surface area contributed by atoms with Gasteiger partial charge in [0.05, 0.1) is 13.2 Å². The molecule has 0 bridgehead atoms. The van der Waals surface area contributed by atoms with Gasteiger partial charge in [-0.1, -0.05) is 37.3 Å². The van der Waals surface area contributed by atoms with Crippen molar-refractivity contribution in [1.29, 1.82) is 0 Å². The number of nitrogens with one attached hydrogen (secondary N) is 2. The van der Waals surface area contributed by atoms with Gasteiger partial charge in [-0.25, -0.2) is 9.78 Å². The second-order valence-electron chi connectivity index (χ2n) is 7.36. The van der Waals surface area contributed by atoms with E-state index in [0.717, 1.165) is 16.8 Å². The molecular weight excluding hydrogens is 342 g/mol. The number of anilines is 1. The van der Waals surface area contributed by atoms with Crippen LogP contribution in [0.5, 0.6) is 5.88 Å². The zero-order valence-electron chi connectivity index (χ0n) is 15.6. The molecule has 1 aromatic carbocycles. The zero-order chi connectivity index (χ0) is 18.8. The molecule has 6 nitrogen and oxygen atoms in total. The molecular formula is C21H25N3O3. The van der Waals surface area contributed by atoms with Crippen LogP contribution in [0.1, 0.15) is 36.9 Å². The first-order valence-corrected chi connectivity index (χ1v) is 9.43. The van der Waals surface area contributed by atoms with E-state index in [1.54, 1.807) is 13.3 Å². The van der Waals surface area contributed by atoms with Gasteiger partial charge >= 0.3 is 6.09 Å². The molecule has 1 fully saturated rings. The molecule has 1 aliphatic heterocycles. The summed E-state index contributed by atoms with van der Waals surface area (Å²) in [7, 11) is 1.61. The number of ether oxygens (including phenoxy) is 2. The monoisotopic (exact) mass is 367 g/mol. The SMILES string of the molecule is COc1cc2c(cn1)[C@H](NC(=O)OCc1ccccc1)[C@@H](C)[C@H](C1CC1)N2. The Morgan fingerprint density at radius 2 is 2.07 bits per heavy atom. The van der Waals surface area contributed by atoms with E-state index in [1.165, 1.54) is 12.8 Å². The number of amides is 1. The van der Waals surface area contributed by atoms with Crippen LogP contribution in [0.4, 0.5) is 10.5 Å². The van der Waals surface area contributed by atoms with Crippen LogP contribution in [0.3, 0.4) is 0 Å². The third kappa shape index (κ3) is 3.84. The van der Waals surface area contributed by atoms with Crippen LogP contribution in [-0.2, 0) is 11.3 Å². The first-order chi connectivity index (χ1) is 13.2. The first kappa shape index (κ1) is 17.6. The average Bonchev–Trinajstić information content (AvgIpc) is 3.54. The third-order valence-corrected chi connectivity index (χ3v) is 5.48. The van der Waals surface area contributed by atoms with Gasteiger partial charge in [-0.15, -0.1) is 0 Å². The van der Waals surface area contributed by atoms with E-state index in [1.807, 2.05) is 36.4 Å². The molecule has 1 amide bonds. The highest BCUT2D eigenvalue weighted by Gasteiger charge is 2.43. The van der Waals surface area contributed by atoms with E-state index in [4.69, 9.17) is 9.47 Å². The second-order valence-corrected chi connectivity index (χ2v) is 7.36. The standard InChI is InChI=1S/C21H25N3O3/c1-13-19(15-8-9-15)23-17-10-18(26-2)22-11-16(17)20(13)24-21(25)27-12-14-6-4-3-5-7-14/h3-7,10-11,13,15,19-20,23H,8-9,12H2,1-2H3,(H,24,25)/t13-,19+,20+/m0/s1. The Morgan fingerprint density at radius 3 is 2.78 bits per heavy atom. The van der Waals surface area contributed by atoms with Gasteiger partial charge in [-0.3, -0.25) is 0 Å². The van der Waals surface area contributed by atoms with Crippen molar-refractivity contribution in [2.45, 2.75) is 38.5 Å². The van der Waals surface area contributed by atoms with Crippen LogP contribution in [0.25, 0.3) is 0 Å². The quantitative estimate of drug-likeness (QED) is 0.839. The van der Waals surface area contributed by atoms with Crippen molar-refractivity contribution >= 4 is 11.8 Å². The minimum Gasteiger partial charge on any atom is -0.481 e. The summed E-state index contributed by atoms with van der Waals surface area (Å²) in [5, 5.41) is 6.70. The summed E-state index contributed by atoms with van der Waals surface area (Å²) in [5.74, 6) is 1.46. The molecule has 2 N–H and O–H groups in total. The highest BCUT2D eigenvalue weighted by atomic mass is 16.5. The fourth-order valence-corrected chi connectivity index (χ4v) is 3.84. The van der Waals surface area contributed by atoms with Crippen molar-refractivity contribution in [2.75, 3.05) is 12.4 Å². The summed E-state index contributed by atoms with van der Waals surface area (Å²) in [6, 6.07) is 11.8. The maximum atomic E-state index is 12.5. The maximum absolute atomic E-state index is 12.5. The minimum absolute atomic E-state index is 0.145. The predicted octanol–water partition coefficient (Wildman–Crippen LogP) is 3.90. The number of carbonyl (C=O) groups excluding carboxylic acids is 1. The molecule has 2 aliphatic rings. The van der Waals surface area contributed by atoms with Gasteiger partial charge in [-0.2, -0.15) is 0 Å². The number of hydrogen-bond acceptors (Lipinski definition) is 5. The van der Waals surface area contributed by atoms with Crippen LogP contribution >= 0.6 is 0 Å². The van der Waals surface area contributed by atoms with E-state index < -0.39 is 6.09 Å². The lowest BCUT2D eigenvalue weighted by Gasteiger charge is -2.39. The fourth-order valence-electron chi connectivity index (χ4n) is 3.84. The molecule has 0 spiro atoms. The van der Waals surface area contributed by atoms with E-state index in [0.29, 0.717) is 17.8 Å². The number of fused-ring (bicyclic) bond motifs is 1. The molecule has 2 heterocycles. The number of carbonyl (C=O) groups is 1. The normalized spacial score (nSPS) is 23.7. The van der Waals surface area contributed by atoms with Gasteiger partial charge in [0.2, 0.25) is 5.88 Å². The fraction of sp³-hybridized carbons (Fsp3) is 0.429. The number of methoxy groups -OCH3 is 1. The number of aromatic nitrogens is 1. The zero-order valence-corrected chi connectivity index (χ0v) is 15.6. The number of benzene rings is 1. The molecule has 1 saturated carbocycles. The summed E-state index contributed by atoms with van der Waals surface area (Å²) in [4.78, 5) is 16.8. The topological polar surface area (TPSA) is 72.5 Å². The van der Waals surface area contributed by atoms with E-state index in [2.05, 4.69) is 22.5 Å². The Hall–Kier alpha value is -2.76. The number of pyridine rings is 1. The van der Waals surface area contributed by atoms with Crippen molar-refractivity contribution < 1.29 is 14.3 Å². The number of hydrogen-bond donors (Lipinski definition) is 2. The molecule has 1 aromatic heterocycles. The number of rotatable bonds is 5. The molecule has 27 heavy (non-hydrogen) atoms. The van der Waals surface area contributed by atoms with Crippen molar-refractivity contribution in [3.05, 3.63) is 53.7 Å². The second kappa shape index (κ2) is 7.47. The van der Waals surface area contributed by atoms with Crippen molar-refractivity contribution in [3.63, 3.8) is 0 Å². The van der Waals surface area contributed by atoms with Gasteiger partial charge in [0.1, 0.15) is 6.61 Å². The molecule has 4 rings (SSSR count). The third-order valence-electron chi connectivity index (χ3n) is 5.48. The summed E-state index contributed by atoms with van der Waals surface area (Å²) in [5.41, 5.74) is 2.91. The number of nitrogens with zero attached hydrogens (tertiary/aromatic N) is 1. The van der Waals surface area contributed by atoms with Crippen molar-refractivity contribution in [1.82, 2.24) is 10.3 Å². The van der Waals surface area contributed by atoms with Crippen LogP contribution in [0.15, 0.2) is 42.6 Å². The Bertz CT molecular complexity index is 808. The molecule has 1 aliphatic carbocycles. The van der Waals surface area contributed by atoms with E-state index in [9.17, 15) is 4.79 Å². The molecule has 2 aromatic rings. The van der Waals surface area contributed by atoms with Crippen LogP contribution in [0.2, 0.25) is 0 Å².